The third-order valence-electron chi connectivity index (χ3n) is 3.27. The number of halogens is 2. The number of sulfonamides is 1. The lowest BCUT2D eigenvalue weighted by atomic mass is 10.2. The molecule has 0 heterocycles. The van der Waals surface area contributed by atoms with Crippen LogP contribution >= 0.6 is 23.2 Å². The highest BCUT2D eigenvalue weighted by Crippen LogP contribution is 2.29. The van der Waals surface area contributed by atoms with Crippen molar-refractivity contribution in [2.24, 2.45) is 0 Å². The molecular formula is C16H16Cl2N2O3S. The van der Waals surface area contributed by atoms with Crippen LogP contribution in [0.15, 0.2) is 47.4 Å². The molecule has 0 aliphatic rings. The summed E-state index contributed by atoms with van der Waals surface area (Å²) in [5.74, 6) is -0.546. The van der Waals surface area contributed by atoms with Crippen LogP contribution in [0.1, 0.15) is 12.5 Å². The van der Waals surface area contributed by atoms with Crippen LogP contribution in [0.2, 0.25) is 10.0 Å². The number of rotatable bonds is 5. The lowest BCUT2D eigenvalue weighted by Gasteiger charge is -2.15. The Balaban J connectivity index is 2.11. The predicted octanol–water partition coefficient (Wildman–Crippen LogP) is 3.61. The molecule has 0 aromatic heterocycles. The summed E-state index contributed by atoms with van der Waals surface area (Å²) in [4.78, 5) is 12.3. The number of amides is 1. The summed E-state index contributed by atoms with van der Waals surface area (Å²) in [6.07, 6.45) is 0. The van der Waals surface area contributed by atoms with Crippen LogP contribution in [-0.2, 0) is 14.8 Å². The minimum Gasteiger partial charge on any atom is -0.323 e. The van der Waals surface area contributed by atoms with Crippen LogP contribution in [-0.4, -0.2) is 20.4 Å². The van der Waals surface area contributed by atoms with E-state index in [2.05, 4.69) is 10.0 Å². The Kier molecular flexibility index (Phi) is 5.87. The Bertz CT molecular complexity index is 852. The Morgan fingerprint density at radius 2 is 1.71 bits per heavy atom. The van der Waals surface area contributed by atoms with E-state index in [-0.39, 0.29) is 9.92 Å². The Morgan fingerprint density at radius 3 is 2.33 bits per heavy atom. The maximum Gasteiger partial charge on any atom is 0.242 e. The summed E-state index contributed by atoms with van der Waals surface area (Å²) in [6.45, 7) is 3.30. The Morgan fingerprint density at radius 1 is 1.08 bits per heavy atom. The van der Waals surface area contributed by atoms with Crippen LogP contribution in [0.5, 0.6) is 0 Å². The molecule has 8 heteroatoms. The molecule has 0 fully saturated rings. The van der Waals surface area contributed by atoms with Gasteiger partial charge in [0.2, 0.25) is 15.9 Å². The molecule has 0 aliphatic heterocycles. The highest BCUT2D eigenvalue weighted by Gasteiger charge is 2.22. The molecular weight excluding hydrogens is 371 g/mol. The first-order chi connectivity index (χ1) is 11.2. The summed E-state index contributed by atoms with van der Waals surface area (Å²) in [5.41, 5.74) is 1.26. The van der Waals surface area contributed by atoms with Gasteiger partial charge in [-0.2, -0.15) is 4.72 Å². The minimum absolute atomic E-state index is 0.0912. The third-order valence-corrected chi connectivity index (χ3v) is 5.64. The lowest BCUT2D eigenvalue weighted by molar-refractivity contribution is -0.117. The number of hydrogen-bond acceptors (Lipinski definition) is 3. The second-order valence-electron chi connectivity index (χ2n) is 5.25. The number of anilines is 1. The van der Waals surface area contributed by atoms with Crippen molar-refractivity contribution < 1.29 is 13.2 Å². The second kappa shape index (κ2) is 7.53. The van der Waals surface area contributed by atoms with Crippen molar-refractivity contribution in [3.8, 4) is 0 Å². The number of benzene rings is 2. The number of carbonyl (C=O) groups excluding carboxylic acids is 1. The maximum atomic E-state index is 12.3. The van der Waals surface area contributed by atoms with E-state index in [9.17, 15) is 13.2 Å². The normalized spacial score (nSPS) is 12.7. The van der Waals surface area contributed by atoms with Crippen molar-refractivity contribution >= 4 is 44.8 Å². The third kappa shape index (κ3) is 4.48. The van der Waals surface area contributed by atoms with Gasteiger partial charge < -0.3 is 5.32 Å². The predicted molar refractivity (Wildman–Crippen MR) is 96.1 cm³/mol. The number of nitrogens with one attached hydrogen (secondary N) is 2. The highest BCUT2D eigenvalue weighted by molar-refractivity contribution is 7.89. The zero-order chi connectivity index (χ0) is 17.9. The van der Waals surface area contributed by atoms with E-state index in [0.29, 0.717) is 10.7 Å². The van der Waals surface area contributed by atoms with Gasteiger partial charge in [-0.1, -0.05) is 47.0 Å². The van der Waals surface area contributed by atoms with E-state index >= 15 is 0 Å². The second-order valence-corrected chi connectivity index (χ2v) is 7.75. The van der Waals surface area contributed by atoms with Gasteiger partial charge in [-0.3, -0.25) is 4.79 Å². The van der Waals surface area contributed by atoms with Gasteiger partial charge in [-0.15, -0.1) is 0 Å². The molecule has 1 atom stereocenters. The van der Waals surface area contributed by atoms with Crippen LogP contribution < -0.4 is 10.0 Å². The minimum atomic E-state index is -3.80. The molecule has 2 aromatic carbocycles. The summed E-state index contributed by atoms with van der Waals surface area (Å²) in [7, 11) is -3.80. The molecule has 0 unspecified atom stereocenters. The van der Waals surface area contributed by atoms with Gasteiger partial charge in [0.1, 0.15) is 0 Å². The Labute approximate surface area is 151 Å². The molecule has 2 rings (SSSR count). The van der Waals surface area contributed by atoms with Gasteiger partial charge >= 0.3 is 0 Å². The molecule has 24 heavy (non-hydrogen) atoms. The molecule has 2 N–H and O–H groups in total. The van der Waals surface area contributed by atoms with Crippen LogP contribution in [0.3, 0.4) is 0 Å². The molecule has 2 aromatic rings. The molecule has 0 spiro atoms. The van der Waals surface area contributed by atoms with E-state index in [1.807, 2.05) is 6.92 Å². The van der Waals surface area contributed by atoms with Gasteiger partial charge in [-0.25, -0.2) is 8.42 Å². The fourth-order valence-corrected chi connectivity index (χ4v) is 3.46. The highest BCUT2D eigenvalue weighted by atomic mass is 35.5. The van der Waals surface area contributed by atoms with Gasteiger partial charge in [0.25, 0.3) is 0 Å². The monoisotopic (exact) mass is 386 g/mol. The van der Waals surface area contributed by atoms with Crippen LogP contribution in [0, 0.1) is 6.92 Å². The van der Waals surface area contributed by atoms with E-state index in [1.165, 1.54) is 19.1 Å². The number of hydrogen-bond donors (Lipinski definition) is 2. The molecule has 0 bridgehead atoms. The van der Waals surface area contributed by atoms with Crippen molar-refractivity contribution in [2.75, 3.05) is 5.32 Å². The quantitative estimate of drug-likeness (QED) is 0.823. The molecule has 128 valence electrons. The summed E-state index contributed by atoms with van der Waals surface area (Å²) in [5, 5.41) is 3.04. The summed E-state index contributed by atoms with van der Waals surface area (Å²) in [6, 6.07) is 10.1. The van der Waals surface area contributed by atoms with E-state index in [4.69, 9.17) is 23.2 Å². The zero-order valence-corrected chi connectivity index (χ0v) is 15.3. The maximum absolute atomic E-state index is 12.3. The standard InChI is InChI=1S/C16H16Cl2N2O3S/c1-10-6-8-12(9-7-10)24(22,23)20-11(2)16(21)19-14-5-3-4-13(17)15(14)18/h3-9,11,20H,1-2H3,(H,19,21)/t11-/m0/s1. The van der Waals surface area contributed by atoms with Crippen LogP contribution in [0.25, 0.3) is 0 Å². The summed E-state index contributed by atoms with van der Waals surface area (Å²) < 4.78 is 26.9. The fraction of sp³-hybridized carbons (Fsp3) is 0.188. The van der Waals surface area contributed by atoms with Crippen molar-refractivity contribution in [1.29, 1.82) is 0 Å². The SMILES string of the molecule is Cc1ccc(S(=O)(=O)N[C@@H](C)C(=O)Nc2cccc(Cl)c2Cl)cc1. The van der Waals surface area contributed by atoms with Gasteiger partial charge in [0.15, 0.2) is 0 Å². The topological polar surface area (TPSA) is 75.3 Å². The van der Waals surface area contributed by atoms with E-state index in [1.54, 1.807) is 30.3 Å². The van der Waals surface area contributed by atoms with Gasteiger partial charge in [0, 0.05) is 0 Å². The van der Waals surface area contributed by atoms with Crippen molar-refractivity contribution in [1.82, 2.24) is 4.72 Å². The van der Waals surface area contributed by atoms with Gasteiger partial charge in [-0.05, 0) is 38.1 Å². The first-order valence-corrected chi connectivity index (χ1v) is 9.28. The van der Waals surface area contributed by atoms with E-state index < -0.39 is 22.0 Å². The van der Waals surface area contributed by atoms with Crippen molar-refractivity contribution in [3.63, 3.8) is 0 Å². The first-order valence-electron chi connectivity index (χ1n) is 7.04. The van der Waals surface area contributed by atoms with E-state index in [0.717, 1.165) is 5.56 Å². The largest absolute Gasteiger partial charge is 0.323 e. The molecule has 1 amide bonds. The average molecular weight is 387 g/mol. The molecule has 5 nitrogen and oxygen atoms in total. The zero-order valence-electron chi connectivity index (χ0n) is 13.0. The molecule has 0 saturated heterocycles. The lowest BCUT2D eigenvalue weighted by Crippen LogP contribution is -2.41. The summed E-state index contributed by atoms with van der Waals surface area (Å²) >= 11 is 11.9. The first kappa shape index (κ1) is 18.7. The smallest absolute Gasteiger partial charge is 0.242 e. The van der Waals surface area contributed by atoms with Crippen LogP contribution in [0.4, 0.5) is 5.69 Å². The Hall–Kier alpha value is -1.60. The van der Waals surface area contributed by atoms with Crippen molar-refractivity contribution in [3.05, 3.63) is 58.1 Å². The molecule has 0 saturated carbocycles. The van der Waals surface area contributed by atoms with Crippen molar-refractivity contribution in [2.45, 2.75) is 24.8 Å². The average Bonchev–Trinajstić information content (AvgIpc) is 2.51. The fourth-order valence-electron chi connectivity index (χ4n) is 1.91. The number of carbonyl (C=O) groups is 1. The van der Waals surface area contributed by atoms with Gasteiger partial charge in [0.05, 0.1) is 26.7 Å². The number of aryl methyl sites for hydroxylation is 1. The molecule has 0 radical (unpaired) electrons. The molecule has 0 aliphatic carbocycles.